The Kier molecular flexibility index (Phi) is 7.15. The van der Waals surface area contributed by atoms with Crippen LogP contribution in [0.3, 0.4) is 0 Å². The number of rotatable bonds is 8. The van der Waals surface area contributed by atoms with Crippen molar-refractivity contribution in [3.63, 3.8) is 0 Å². The van der Waals surface area contributed by atoms with Crippen LogP contribution in [0, 0.1) is 0 Å². The number of benzene rings is 1. The normalized spacial score (nSPS) is 17.9. The van der Waals surface area contributed by atoms with Gasteiger partial charge in [0, 0.05) is 31.5 Å². The van der Waals surface area contributed by atoms with E-state index in [-0.39, 0.29) is 0 Å². The Labute approximate surface area is 173 Å². The topological polar surface area (TPSA) is 62.8 Å². The first-order chi connectivity index (χ1) is 14.4. The number of hydrogen-bond acceptors (Lipinski definition) is 7. The van der Waals surface area contributed by atoms with E-state index in [4.69, 9.17) is 9.47 Å². The van der Waals surface area contributed by atoms with Crippen molar-refractivity contribution in [1.82, 2.24) is 14.9 Å². The van der Waals surface area contributed by atoms with E-state index in [2.05, 4.69) is 25.1 Å². The van der Waals surface area contributed by atoms with Gasteiger partial charge < -0.3 is 24.6 Å². The summed E-state index contributed by atoms with van der Waals surface area (Å²) in [6.45, 7) is 7.59. The molecule has 0 aliphatic carbocycles. The number of hydrogen-bond donors (Lipinski definition) is 1. The summed E-state index contributed by atoms with van der Waals surface area (Å²) in [6.07, 6.45) is 6.93. The smallest absolute Gasteiger partial charge is 0.229 e. The van der Waals surface area contributed by atoms with Crippen molar-refractivity contribution in [3.8, 4) is 5.75 Å². The predicted molar refractivity (Wildman–Crippen MR) is 115 cm³/mol. The van der Waals surface area contributed by atoms with E-state index in [9.17, 15) is 0 Å². The molecule has 29 heavy (non-hydrogen) atoms. The van der Waals surface area contributed by atoms with Gasteiger partial charge in [-0.25, -0.2) is 4.98 Å². The van der Waals surface area contributed by atoms with Gasteiger partial charge in [-0.05, 0) is 62.7 Å². The minimum absolute atomic E-state index is 0.601. The Morgan fingerprint density at radius 3 is 2.55 bits per heavy atom. The molecule has 0 unspecified atom stereocenters. The first-order valence-corrected chi connectivity index (χ1v) is 10.7. The minimum Gasteiger partial charge on any atom is -0.494 e. The van der Waals surface area contributed by atoms with Gasteiger partial charge in [-0.15, -0.1) is 0 Å². The predicted octanol–water partition coefficient (Wildman–Crippen LogP) is 3.31. The number of likely N-dealkylation sites (tertiary alicyclic amines) is 1. The zero-order valence-electron chi connectivity index (χ0n) is 17.1. The fourth-order valence-corrected chi connectivity index (χ4v) is 3.80. The number of anilines is 3. The van der Waals surface area contributed by atoms with Gasteiger partial charge in [0.1, 0.15) is 11.6 Å². The molecule has 2 aromatic rings. The average Bonchev–Trinajstić information content (AvgIpc) is 2.79. The molecular formula is C22H31N5O2. The molecule has 0 spiro atoms. The second kappa shape index (κ2) is 10.4. The highest BCUT2D eigenvalue weighted by Gasteiger charge is 2.13. The lowest BCUT2D eigenvalue weighted by molar-refractivity contribution is 0.122. The Bertz CT molecular complexity index is 743. The van der Waals surface area contributed by atoms with E-state index in [0.717, 1.165) is 63.1 Å². The van der Waals surface area contributed by atoms with Gasteiger partial charge in [0.05, 0.1) is 19.8 Å². The summed E-state index contributed by atoms with van der Waals surface area (Å²) in [5, 5.41) is 3.28. The van der Waals surface area contributed by atoms with Crippen molar-refractivity contribution < 1.29 is 9.47 Å². The summed E-state index contributed by atoms with van der Waals surface area (Å²) in [5.41, 5.74) is 0.949. The molecule has 1 N–H and O–H groups in total. The number of nitrogens with zero attached hydrogens (tertiary/aromatic N) is 4. The largest absolute Gasteiger partial charge is 0.494 e. The van der Waals surface area contributed by atoms with Crippen LogP contribution in [0.1, 0.15) is 25.7 Å². The molecule has 0 saturated carbocycles. The molecule has 156 valence electrons. The van der Waals surface area contributed by atoms with Gasteiger partial charge in [-0.2, -0.15) is 4.98 Å². The van der Waals surface area contributed by atoms with Gasteiger partial charge >= 0.3 is 0 Å². The molecule has 7 heteroatoms. The monoisotopic (exact) mass is 397 g/mol. The summed E-state index contributed by atoms with van der Waals surface area (Å²) in [6, 6.07) is 9.94. The van der Waals surface area contributed by atoms with Crippen molar-refractivity contribution in [3.05, 3.63) is 36.5 Å². The molecule has 0 bridgehead atoms. The summed E-state index contributed by atoms with van der Waals surface area (Å²) < 4.78 is 11.3. The van der Waals surface area contributed by atoms with Gasteiger partial charge in [-0.1, -0.05) is 6.42 Å². The molecule has 7 nitrogen and oxygen atoms in total. The molecule has 2 aliphatic heterocycles. The van der Waals surface area contributed by atoms with Crippen LogP contribution >= 0.6 is 0 Å². The van der Waals surface area contributed by atoms with E-state index in [1.807, 2.05) is 30.3 Å². The Morgan fingerprint density at radius 1 is 0.966 bits per heavy atom. The van der Waals surface area contributed by atoms with Gasteiger partial charge in [0.2, 0.25) is 5.95 Å². The van der Waals surface area contributed by atoms with Crippen LogP contribution in [0.15, 0.2) is 36.5 Å². The van der Waals surface area contributed by atoms with Crippen molar-refractivity contribution in [1.29, 1.82) is 0 Å². The maximum atomic E-state index is 5.90. The summed E-state index contributed by atoms with van der Waals surface area (Å²) in [4.78, 5) is 13.7. The van der Waals surface area contributed by atoms with Crippen LogP contribution in [-0.4, -0.2) is 67.4 Å². The van der Waals surface area contributed by atoms with Crippen molar-refractivity contribution >= 4 is 17.5 Å². The first kappa shape index (κ1) is 19.9. The molecule has 4 rings (SSSR count). The number of nitrogens with one attached hydrogen (secondary N) is 1. The molecule has 0 atom stereocenters. The average molecular weight is 398 g/mol. The zero-order valence-corrected chi connectivity index (χ0v) is 17.1. The molecule has 1 aromatic heterocycles. The van der Waals surface area contributed by atoms with E-state index < -0.39 is 0 Å². The second-order valence-electron chi connectivity index (χ2n) is 7.59. The number of aromatic nitrogens is 2. The first-order valence-electron chi connectivity index (χ1n) is 10.7. The quantitative estimate of drug-likeness (QED) is 0.686. The second-order valence-corrected chi connectivity index (χ2v) is 7.59. The van der Waals surface area contributed by atoms with E-state index >= 15 is 0 Å². The number of ether oxygens (including phenoxy) is 2. The fourth-order valence-electron chi connectivity index (χ4n) is 3.80. The lowest BCUT2D eigenvalue weighted by Crippen LogP contribution is -2.36. The van der Waals surface area contributed by atoms with Crippen LogP contribution in [0.2, 0.25) is 0 Å². The molecule has 1 aromatic carbocycles. The maximum Gasteiger partial charge on any atom is 0.229 e. The fraction of sp³-hybridized carbons (Fsp3) is 0.545. The third-order valence-corrected chi connectivity index (χ3v) is 5.42. The highest BCUT2D eigenvalue weighted by atomic mass is 16.5. The zero-order chi connectivity index (χ0) is 19.7. The lowest BCUT2D eigenvalue weighted by Gasteiger charge is -2.27. The molecule has 0 amide bonds. The van der Waals surface area contributed by atoms with Gasteiger partial charge in [-0.3, -0.25) is 0 Å². The Morgan fingerprint density at radius 2 is 1.76 bits per heavy atom. The van der Waals surface area contributed by atoms with Gasteiger partial charge in [0.25, 0.3) is 0 Å². The summed E-state index contributed by atoms with van der Waals surface area (Å²) >= 11 is 0. The number of morpholine rings is 1. The number of piperidine rings is 1. The van der Waals surface area contributed by atoms with Crippen LogP contribution in [0.5, 0.6) is 5.75 Å². The van der Waals surface area contributed by atoms with Crippen molar-refractivity contribution in [2.24, 2.45) is 0 Å². The van der Waals surface area contributed by atoms with Crippen LogP contribution in [0.25, 0.3) is 0 Å². The van der Waals surface area contributed by atoms with Crippen LogP contribution in [0.4, 0.5) is 17.5 Å². The van der Waals surface area contributed by atoms with E-state index in [1.54, 1.807) is 6.20 Å². The third-order valence-electron chi connectivity index (χ3n) is 5.42. The van der Waals surface area contributed by atoms with E-state index in [0.29, 0.717) is 5.95 Å². The summed E-state index contributed by atoms with van der Waals surface area (Å²) in [5.74, 6) is 2.43. The minimum atomic E-state index is 0.601. The highest BCUT2D eigenvalue weighted by Crippen LogP contribution is 2.20. The SMILES string of the molecule is c1cc(N2CCOCC2)nc(Nc2ccc(OCCCN3CCCCC3)cc2)n1. The lowest BCUT2D eigenvalue weighted by atomic mass is 10.1. The van der Waals surface area contributed by atoms with Crippen LogP contribution in [-0.2, 0) is 4.74 Å². The molecular weight excluding hydrogens is 366 g/mol. The standard InChI is InChI=1S/C22H31N5O2/c1-2-11-26(12-3-1)13-4-16-29-20-7-5-19(6-8-20)24-22-23-10-9-21(25-22)27-14-17-28-18-15-27/h5-10H,1-4,11-18H2,(H,23,24,25). The molecule has 2 fully saturated rings. The third kappa shape index (κ3) is 6.05. The van der Waals surface area contributed by atoms with E-state index in [1.165, 1.54) is 32.4 Å². The molecule has 0 radical (unpaired) electrons. The maximum absolute atomic E-state index is 5.90. The Hall–Kier alpha value is -2.38. The van der Waals surface area contributed by atoms with Gasteiger partial charge in [0.15, 0.2) is 0 Å². The summed E-state index contributed by atoms with van der Waals surface area (Å²) in [7, 11) is 0. The van der Waals surface area contributed by atoms with Crippen molar-refractivity contribution in [2.75, 3.05) is 62.8 Å². The molecule has 3 heterocycles. The molecule has 2 aliphatic rings. The van der Waals surface area contributed by atoms with Crippen LogP contribution < -0.4 is 15.0 Å². The highest BCUT2D eigenvalue weighted by molar-refractivity contribution is 5.56. The molecule has 2 saturated heterocycles. The van der Waals surface area contributed by atoms with Crippen molar-refractivity contribution in [2.45, 2.75) is 25.7 Å². The Balaban J connectivity index is 1.24.